The molecule has 1 unspecified atom stereocenters. The molecule has 1 aliphatic heterocycles. The van der Waals surface area contributed by atoms with E-state index >= 15 is 0 Å². The number of likely N-dealkylation sites (tertiary alicyclic amines) is 1. The molecule has 3 heterocycles. The third-order valence-corrected chi connectivity index (χ3v) is 3.85. The van der Waals surface area contributed by atoms with Crippen molar-refractivity contribution in [1.29, 1.82) is 0 Å². The molecule has 1 aliphatic rings. The Morgan fingerprint density at radius 2 is 2.25 bits per heavy atom. The minimum Gasteiger partial charge on any atom is -0.480 e. The van der Waals surface area contributed by atoms with Crippen molar-refractivity contribution >= 4 is 11.6 Å². The maximum atomic E-state index is 12.7. The number of aromatic nitrogens is 3. The van der Waals surface area contributed by atoms with Crippen molar-refractivity contribution in [3.05, 3.63) is 23.5 Å². The standard InChI is InChI=1S/C14H18N4O2/c1-9-5-4-8-17(9)14(19)13-10(2)15-11-6-7-12(20-3)16-18(11)13/h6-7,9H,4-5,8H2,1-3H3. The SMILES string of the molecule is COc1ccc2nc(C)c(C(=O)N3CCCC3C)n2n1. The zero-order valence-corrected chi connectivity index (χ0v) is 12.0. The molecule has 2 aromatic rings. The van der Waals surface area contributed by atoms with Gasteiger partial charge in [0.15, 0.2) is 11.3 Å². The van der Waals surface area contributed by atoms with Gasteiger partial charge in [0, 0.05) is 18.7 Å². The number of nitrogens with zero attached hydrogens (tertiary/aromatic N) is 4. The molecule has 0 N–H and O–H groups in total. The summed E-state index contributed by atoms with van der Waals surface area (Å²) in [6, 6.07) is 3.83. The molecule has 1 fully saturated rings. The van der Waals surface area contributed by atoms with Crippen LogP contribution in [0.25, 0.3) is 5.65 Å². The highest BCUT2D eigenvalue weighted by Crippen LogP contribution is 2.22. The van der Waals surface area contributed by atoms with Gasteiger partial charge in [-0.3, -0.25) is 4.79 Å². The van der Waals surface area contributed by atoms with Crippen molar-refractivity contribution in [1.82, 2.24) is 19.5 Å². The van der Waals surface area contributed by atoms with Gasteiger partial charge in [-0.1, -0.05) is 0 Å². The monoisotopic (exact) mass is 274 g/mol. The lowest BCUT2D eigenvalue weighted by Gasteiger charge is -2.21. The number of aryl methyl sites for hydroxylation is 1. The fraction of sp³-hybridized carbons (Fsp3) is 0.500. The summed E-state index contributed by atoms with van der Waals surface area (Å²) in [4.78, 5) is 19.0. The van der Waals surface area contributed by atoms with E-state index in [1.54, 1.807) is 17.7 Å². The fourth-order valence-corrected chi connectivity index (χ4v) is 2.75. The normalized spacial score (nSPS) is 18.8. The summed E-state index contributed by atoms with van der Waals surface area (Å²) < 4.78 is 6.71. The van der Waals surface area contributed by atoms with E-state index in [0.29, 0.717) is 22.9 Å². The Morgan fingerprint density at radius 3 is 2.90 bits per heavy atom. The van der Waals surface area contributed by atoms with Gasteiger partial charge in [0.25, 0.3) is 5.91 Å². The Labute approximate surface area is 117 Å². The van der Waals surface area contributed by atoms with E-state index in [4.69, 9.17) is 4.74 Å². The van der Waals surface area contributed by atoms with Crippen LogP contribution in [0.3, 0.4) is 0 Å². The average Bonchev–Trinajstić information content (AvgIpc) is 2.99. The molecule has 0 spiro atoms. The third-order valence-electron chi connectivity index (χ3n) is 3.85. The second-order valence-electron chi connectivity index (χ2n) is 5.18. The Balaban J connectivity index is 2.09. The second-order valence-corrected chi connectivity index (χ2v) is 5.18. The fourth-order valence-electron chi connectivity index (χ4n) is 2.75. The van der Waals surface area contributed by atoms with Gasteiger partial charge in [0.05, 0.1) is 12.8 Å². The molecule has 1 atom stereocenters. The van der Waals surface area contributed by atoms with E-state index in [1.165, 1.54) is 0 Å². The molecule has 3 rings (SSSR count). The zero-order valence-electron chi connectivity index (χ0n) is 12.0. The third kappa shape index (κ3) is 1.92. The van der Waals surface area contributed by atoms with Crippen molar-refractivity contribution in [3.8, 4) is 5.88 Å². The number of imidazole rings is 1. The van der Waals surface area contributed by atoms with Gasteiger partial charge in [0.2, 0.25) is 5.88 Å². The Kier molecular flexibility index (Phi) is 3.08. The average molecular weight is 274 g/mol. The van der Waals surface area contributed by atoms with Crippen LogP contribution in [-0.2, 0) is 0 Å². The minimum atomic E-state index is 0.000697. The van der Waals surface area contributed by atoms with Crippen LogP contribution in [0.5, 0.6) is 5.88 Å². The summed E-state index contributed by atoms with van der Waals surface area (Å²) in [7, 11) is 1.56. The Bertz CT molecular complexity index is 664. The first kappa shape index (κ1) is 12.9. The number of hydrogen-bond acceptors (Lipinski definition) is 4. The molecule has 0 saturated carbocycles. The lowest BCUT2D eigenvalue weighted by atomic mass is 10.2. The van der Waals surface area contributed by atoms with Crippen LogP contribution in [0.4, 0.5) is 0 Å². The lowest BCUT2D eigenvalue weighted by Crippen LogP contribution is -2.35. The largest absolute Gasteiger partial charge is 0.480 e. The number of carbonyl (C=O) groups is 1. The summed E-state index contributed by atoms with van der Waals surface area (Å²) in [5, 5.41) is 4.32. The van der Waals surface area contributed by atoms with Crippen molar-refractivity contribution < 1.29 is 9.53 Å². The number of carbonyl (C=O) groups excluding carboxylic acids is 1. The molecule has 0 aromatic carbocycles. The molecule has 6 nitrogen and oxygen atoms in total. The maximum absolute atomic E-state index is 12.7. The summed E-state index contributed by atoms with van der Waals surface area (Å²) >= 11 is 0. The zero-order chi connectivity index (χ0) is 14.3. The first-order valence-corrected chi connectivity index (χ1v) is 6.83. The smallest absolute Gasteiger partial charge is 0.274 e. The van der Waals surface area contributed by atoms with Crippen molar-refractivity contribution in [2.75, 3.05) is 13.7 Å². The summed E-state index contributed by atoms with van der Waals surface area (Å²) in [5.41, 5.74) is 1.90. The van der Waals surface area contributed by atoms with Crippen LogP contribution in [0.1, 0.15) is 35.9 Å². The predicted molar refractivity (Wildman–Crippen MR) is 74.0 cm³/mol. The molecule has 1 amide bonds. The molecule has 2 aromatic heterocycles. The number of ether oxygens (including phenoxy) is 1. The van der Waals surface area contributed by atoms with E-state index in [1.807, 2.05) is 17.9 Å². The minimum absolute atomic E-state index is 0.000697. The van der Waals surface area contributed by atoms with E-state index in [2.05, 4.69) is 17.0 Å². The molecular formula is C14H18N4O2. The van der Waals surface area contributed by atoms with Gasteiger partial charge in [-0.25, -0.2) is 9.50 Å². The molecule has 1 saturated heterocycles. The van der Waals surface area contributed by atoms with Crippen LogP contribution in [0.2, 0.25) is 0 Å². The molecule has 106 valence electrons. The highest BCUT2D eigenvalue weighted by atomic mass is 16.5. The Hall–Kier alpha value is -2.11. The van der Waals surface area contributed by atoms with E-state index < -0.39 is 0 Å². The number of methoxy groups -OCH3 is 1. The Morgan fingerprint density at radius 1 is 1.45 bits per heavy atom. The molecular weight excluding hydrogens is 256 g/mol. The predicted octanol–water partition coefficient (Wildman–Crippen LogP) is 1.67. The van der Waals surface area contributed by atoms with Crippen LogP contribution < -0.4 is 4.74 Å². The summed E-state index contributed by atoms with van der Waals surface area (Å²) in [6.07, 6.45) is 2.11. The number of fused-ring (bicyclic) bond motifs is 1. The van der Waals surface area contributed by atoms with Crippen LogP contribution in [-0.4, -0.2) is 45.1 Å². The van der Waals surface area contributed by atoms with Gasteiger partial charge in [-0.15, -0.1) is 5.10 Å². The van der Waals surface area contributed by atoms with E-state index in [9.17, 15) is 4.79 Å². The van der Waals surface area contributed by atoms with Crippen molar-refractivity contribution in [2.45, 2.75) is 32.7 Å². The van der Waals surface area contributed by atoms with Gasteiger partial charge in [-0.05, 0) is 32.8 Å². The van der Waals surface area contributed by atoms with Crippen molar-refractivity contribution in [2.24, 2.45) is 0 Å². The van der Waals surface area contributed by atoms with Gasteiger partial charge < -0.3 is 9.64 Å². The summed E-state index contributed by atoms with van der Waals surface area (Å²) in [5.74, 6) is 0.471. The maximum Gasteiger partial charge on any atom is 0.274 e. The van der Waals surface area contributed by atoms with E-state index in [-0.39, 0.29) is 11.9 Å². The van der Waals surface area contributed by atoms with Crippen molar-refractivity contribution in [3.63, 3.8) is 0 Å². The van der Waals surface area contributed by atoms with E-state index in [0.717, 1.165) is 19.4 Å². The van der Waals surface area contributed by atoms with Crippen LogP contribution in [0.15, 0.2) is 12.1 Å². The highest BCUT2D eigenvalue weighted by Gasteiger charge is 2.30. The molecule has 0 radical (unpaired) electrons. The molecule has 20 heavy (non-hydrogen) atoms. The summed E-state index contributed by atoms with van der Waals surface area (Å²) in [6.45, 7) is 4.73. The van der Waals surface area contributed by atoms with Crippen LogP contribution in [0, 0.1) is 6.92 Å². The molecule has 0 aliphatic carbocycles. The lowest BCUT2D eigenvalue weighted by molar-refractivity contribution is 0.0738. The van der Waals surface area contributed by atoms with Crippen LogP contribution >= 0.6 is 0 Å². The number of amides is 1. The molecule has 6 heteroatoms. The first-order valence-electron chi connectivity index (χ1n) is 6.83. The quantitative estimate of drug-likeness (QED) is 0.836. The van der Waals surface area contributed by atoms with Gasteiger partial charge >= 0.3 is 0 Å². The topological polar surface area (TPSA) is 59.7 Å². The number of hydrogen-bond donors (Lipinski definition) is 0. The van der Waals surface area contributed by atoms with Gasteiger partial charge in [0.1, 0.15) is 0 Å². The second kappa shape index (κ2) is 4.77. The first-order chi connectivity index (χ1) is 9.61. The highest BCUT2D eigenvalue weighted by molar-refractivity contribution is 5.94. The molecule has 0 bridgehead atoms. The van der Waals surface area contributed by atoms with Gasteiger partial charge in [-0.2, -0.15) is 0 Å². The number of rotatable bonds is 2.